The summed E-state index contributed by atoms with van der Waals surface area (Å²) in [6.07, 6.45) is -0.314. The van der Waals surface area contributed by atoms with E-state index in [0.717, 1.165) is 17.8 Å². The molecule has 2 aromatic heterocycles. The fourth-order valence-electron chi connectivity index (χ4n) is 5.29. The van der Waals surface area contributed by atoms with Gasteiger partial charge in [-0.3, -0.25) is 9.59 Å². The maximum absolute atomic E-state index is 15.6. The van der Waals surface area contributed by atoms with E-state index in [2.05, 4.69) is 9.88 Å². The third-order valence-corrected chi connectivity index (χ3v) is 7.61. The van der Waals surface area contributed by atoms with Gasteiger partial charge in [-0.25, -0.2) is 9.37 Å². The summed E-state index contributed by atoms with van der Waals surface area (Å²) in [6, 6.07) is 7.89. The molecule has 1 saturated carbocycles. The zero-order chi connectivity index (χ0) is 26.6. The Morgan fingerprint density at radius 2 is 1.86 bits per heavy atom. The molecule has 3 heterocycles. The van der Waals surface area contributed by atoms with E-state index in [1.54, 1.807) is 25.2 Å². The van der Waals surface area contributed by atoms with Gasteiger partial charge in [0.15, 0.2) is 12.4 Å². The van der Waals surface area contributed by atoms with E-state index in [4.69, 9.17) is 4.74 Å². The van der Waals surface area contributed by atoms with Crippen LogP contribution in [0.4, 0.5) is 17.6 Å². The average molecular weight is 524 g/mol. The third kappa shape index (κ3) is 7.40. The zero-order valence-corrected chi connectivity index (χ0v) is 21.0. The van der Waals surface area contributed by atoms with Crippen LogP contribution in [0.1, 0.15) is 60.3 Å². The summed E-state index contributed by atoms with van der Waals surface area (Å²) in [5.41, 5.74) is 0.617. The Hall–Kier alpha value is -2.75. The van der Waals surface area contributed by atoms with Crippen molar-refractivity contribution in [3.05, 3.63) is 57.6 Å². The molecule has 0 unspecified atom stereocenters. The van der Waals surface area contributed by atoms with Crippen LogP contribution in [0.5, 0.6) is 5.88 Å². The van der Waals surface area contributed by atoms with Crippen LogP contribution in [0, 0.1) is 5.92 Å². The highest BCUT2D eigenvalue weighted by atomic mass is 19.4. The van der Waals surface area contributed by atoms with Crippen molar-refractivity contribution in [2.24, 2.45) is 13.0 Å². The van der Waals surface area contributed by atoms with Crippen LogP contribution in [-0.4, -0.2) is 58.3 Å². The standard InChI is InChI=1S/C27H33F4N3O3/c1-33-22(3-2-4-25(33)36)23(35)17-19-7-11-26(28,12-8-19)13-16-34-14-9-20-5-6-24(32-21(20)10-15-34)37-18-27(29,30)31/h2-6,19H,7-18H2,1H3. The van der Waals surface area contributed by atoms with Gasteiger partial charge in [-0.1, -0.05) is 12.1 Å². The molecule has 0 N–H and O–H groups in total. The molecule has 0 amide bonds. The molecule has 0 saturated heterocycles. The molecule has 0 bridgehead atoms. The summed E-state index contributed by atoms with van der Waals surface area (Å²) < 4.78 is 59.0. The lowest BCUT2D eigenvalue weighted by atomic mass is 9.76. The molecule has 2 aliphatic rings. The number of carbonyl (C=O) groups is 1. The minimum atomic E-state index is -4.41. The number of Topliss-reactive ketones (excluding diaryl/α,β-unsaturated/α-hetero) is 1. The minimum absolute atomic E-state index is 0.0306. The molecule has 10 heteroatoms. The summed E-state index contributed by atoms with van der Waals surface area (Å²) in [6.45, 7) is 0.619. The number of nitrogens with zero attached hydrogens (tertiary/aromatic N) is 3. The highest BCUT2D eigenvalue weighted by Crippen LogP contribution is 2.39. The van der Waals surface area contributed by atoms with Crippen molar-refractivity contribution in [3.63, 3.8) is 0 Å². The van der Waals surface area contributed by atoms with Crippen molar-refractivity contribution in [2.75, 3.05) is 26.2 Å². The van der Waals surface area contributed by atoms with Crippen LogP contribution in [0.3, 0.4) is 0 Å². The van der Waals surface area contributed by atoms with Crippen molar-refractivity contribution < 1.29 is 27.1 Å². The molecule has 6 nitrogen and oxygen atoms in total. The maximum atomic E-state index is 15.6. The Morgan fingerprint density at radius 1 is 1.14 bits per heavy atom. The second kappa shape index (κ2) is 11.3. The number of fused-ring (bicyclic) bond motifs is 1. The largest absolute Gasteiger partial charge is 0.468 e. The molecule has 1 aliphatic heterocycles. The Bertz CT molecular complexity index is 1160. The van der Waals surface area contributed by atoms with Gasteiger partial charge in [0, 0.05) is 57.4 Å². The second-order valence-electron chi connectivity index (χ2n) is 10.3. The molecule has 0 atom stereocenters. The van der Waals surface area contributed by atoms with Crippen LogP contribution in [0.2, 0.25) is 0 Å². The molecule has 0 aromatic carbocycles. The molecule has 2 aromatic rings. The van der Waals surface area contributed by atoms with Gasteiger partial charge in [0.1, 0.15) is 5.67 Å². The Labute approximate surface area is 213 Å². The van der Waals surface area contributed by atoms with Crippen LogP contribution in [0.25, 0.3) is 0 Å². The fraction of sp³-hybridized carbons (Fsp3) is 0.593. The average Bonchev–Trinajstić information content (AvgIpc) is 3.06. The van der Waals surface area contributed by atoms with E-state index in [-0.39, 0.29) is 23.1 Å². The van der Waals surface area contributed by atoms with Gasteiger partial charge in [0.05, 0.1) is 5.69 Å². The molecule has 0 spiro atoms. The summed E-state index contributed by atoms with van der Waals surface area (Å²) in [5, 5.41) is 0. The van der Waals surface area contributed by atoms with E-state index in [1.165, 1.54) is 16.7 Å². The number of ketones is 1. The first-order valence-electron chi connectivity index (χ1n) is 12.8. The Kier molecular flexibility index (Phi) is 8.36. The van der Waals surface area contributed by atoms with Gasteiger partial charge in [-0.15, -0.1) is 0 Å². The predicted molar refractivity (Wildman–Crippen MR) is 131 cm³/mol. The molecule has 0 radical (unpaired) electrons. The number of pyridine rings is 2. The number of ether oxygens (including phenoxy) is 1. The van der Waals surface area contributed by atoms with Crippen LogP contribution in [-0.2, 0) is 19.9 Å². The fourth-order valence-corrected chi connectivity index (χ4v) is 5.29. The van der Waals surface area contributed by atoms with Crippen LogP contribution < -0.4 is 10.3 Å². The first-order valence-corrected chi connectivity index (χ1v) is 12.8. The molecule has 1 fully saturated rings. The lowest BCUT2D eigenvalue weighted by Gasteiger charge is -2.35. The van der Waals surface area contributed by atoms with Crippen molar-refractivity contribution >= 4 is 5.78 Å². The van der Waals surface area contributed by atoms with Gasteiger partial charge >= 0.3 is 6.18 Å². The first-order chi connectivity index (χ1) is 17.5. The topological polar surface area (TPSA) is 64.4 Å². The maximum Gasteiger partial charge on any atom is 0.422 e. The molecular weight excluding hydrogens is 490 g/mol. The van der Waals surface area contributed by atoms with Gasteiger partial charge in [0.2, 0.25) is 5.88 Å². The van der Waals surface area contributed by atoms with Crippen molar-refractivity contribution in [3.8, 4) is 5.88 Å². The molecule has 4 rings (SSSR count). The summed E-state index contributed by atoms with van der Waals surface area (Å²) in [4.78, 5) is 30.9. The van der Waals surface area contributed by atoms with Gasteiger partial charge in [0.25, 0.3) is 5.56 Å². The Balaban J connectivity index is 1.23. The smallest absolute Gasteiger partial charge is 0.422 e. The lowest BCUT2D eigenvalue weighted by Crippen LogP contribution is -2.36. The summed E-state index contributed by atoms with van der Waals surface area (Å²) >= 11 is 0. The minimum Gasteiger partial charge on any atom is -0.468 e. The highest BCUT2D eigenvalue weighted by Gasteiger charge is 2.36. The highest BCUT2D eigenvalue weighted by molar-refractivity contribution is 5.94. The number of hydrogen-bond acceptors (Lipinski definition) is 5. The lowest BCUT2D eigenvalue weighted by molar-refractivity contribution is -0.154. The Morgan fingerprint density at radius 3 is 2.59 bits per heavy atom. The van der Waals surface area contributed by atoms with E-state index >= 15 is 4.39 Å². The molecule has 202 valence electrons. The summed E-state index contributed by atoms with van der Waals surface area (Å²) in [5.74, 6) is -0.00238. The SMILES string of the molecule is Cn1c(C(=O)CC2CCC(F)(CCN3CCc4ccc(OCC(F)(F)F)nc4CC3)CC2)cccc1=O. The number of aromatic nitrogens is 2. The number of hydrogen-bond donors (Lipinski definition) is 0. The van der Waals surface area contributed by atoms with Gasteiger partial charge in [-0.05, 0) is 56.1 Å². The molecule has 37 heavy (non-hydrogen) atoms. The molecule has 1 aliphatic carbocycles. The van der Waals surface area contributed by atoms with Gasteiger partial charge < -0.3 is 14.2 Å². The third-order valence-electron chi connectivity index (χ3n) is 7.61. The van der Waals surface area contributed by atoms with E-state index in [0.29, 0.717) is 70.2 Å². The van der Waals surface area contributed by atoms with E-state index < -0.39 is 18.5 Å². The quantitative estimate of drug-likeness (QED) is 0.371. The molecular formula is C27H33F4N3O3. The monoisotopic (exact) mass is 523 g/mol. The van der Waals surface area contributed by atoms with Crippen LogP contribution in [0.15, 0.2) is 35.1 Å². The second-order valence-corrected chi connectivity index (χ2v) is 10.3. The zero-order valence-electron chi connectivity index (χ0n) is 21.0. The van der Waals surface area contributed by atoms with Crippen molar-refractivity contribution in [1.82, 2.24) is 14.5 Å². The normalized spacial score (nSPS) is 22.8. The van der Waals surface area contributed by atoms with Crippen molar-refractivity contribution in [1.29, 1.82) is 0 Å². The number of halogens is 4. The van der Waals surface area contributed by atoms with E-state index in [9.17, 15) is 22.8 Å². The number of carbonyl (C=O) groups excluding carboxylic acids is 1. The van der Waals surface area contributed by atoms with E-state index in [1.807, 2.05) is 0 Å². The van der Waals surface area contributed by atoms with Gasteiger partial charge in [-0.2, -0.15) is 13.2 Å². The summed E-state index contributed by atoms with van der Waals surface area (Å²) in [7, 11) is 1.58. The number of alkyl halides is 4. The first kappa shape index (κ1) is 27.3. The number of rotatable bonds is 8. The predicted octanol–water partition coefficient (Wildman–Crippen LogP) is 4.68. The van der Waals surface area contributed by atoms with Crippen LogP contribution >= 0.6 is 0 Å². The van der Waals surface area contributed by atoms with Crippen molar-refractivity contribution in [2.45, 2.75) is 63.2 Å².